The minimum Gasteiger partial charge on any atom is -0.346 e. The lowest BCUT2D eigenvalue weighted by atomic mass is 10.3. The largest absolute Gasteiger partial charge is 0.346 e. The quantitative estimate of drug-likeness (QED) is 0.716. The fraction of sp³-hybridized carbons (Fsp3) is 0.235. The van der Waals surface area contributed by atoms with E-state index in [1.807, 2.05) is 4.90 Å². The first-order valence-electron chi connectivity index (χ1n) is 7.94. The maximum absolute atomic E-state index is 13.7. The van der Waals surface area contributed by atoms with Crippen molar-refractivity contribution in [1.29, 1.82) is 0 Å². The highest BCUT2D eigenvalue weighted by Crippen LogP contribution is 2.21. The summed E-state index contributed by atoms with van der Waals surface area (Å²) in [6.07, 6.45) is 0. The van der Waals surface area contributed by atoms with E-state index < -0.39 is 10.0 Å². The van der Waals surface area contributed by atoms with Crippen molar-refractivity contribution in [1.82, 2.24) is 9.21 Å². The van der Waals surface area contributed by atoms with Crippen LogP contribution in [0.25, 0.3) is 0 Å². The smallest absolute Gasteiger partial charge is 0.243 e. The first-order valence-corrected chi connectivity index (χ1v) is 10.6. The number of thiocarbonyl (C=S) groups is 1. The van der Waals surface area contributed by atoms with Gasteiger partial charge in [0.2, 0.25) is 10.0 Å². The van der Waals surface area contributed by atoms with Crippen molar-refractivity contribution >= 4 is 49.0 Å². The molecule has 1 aliphatic rings. The van der Waals surface area contributed by atoms with E-state index in [1.54, 1.807) is 42.5 Å². The molecule has 1 aliphatic heterocycles. The van der Waals surface area contributed by atoms with E-state index >= 15 is 0 Å². The SMILES string of the molecule is O=S(=O)(c1cccc(Br)c1)N1CCN(C(=S)Nc2ccccc2F)CC1. The molecule has 2 aromatic carbocycles. The van der Waals surface area contributed by atoms with Crippen molar-refractivity contribution in [2.45, 2.75) is 4.90 Å². The van der Waals surface area contributed by atoms with Crippen molar-refractivity contribution < 1.29 is 12.8 Å². The molecule has 1 N–H and O–H groups in total. The predicted molar refractivity (Wildman–Crippen MR) is 107 cm³/mol. The normalized spacial score (nSPS) is 15.7. The van der Waals surface area contributed by atoms with Gasteiger partial charge in [0.1, 0.15) is 5.82 Å². The molecule has 0 saturated carbocycles. The molecule has 1 fully saturated rings. The van der Waals surface area contributed by atoms with Gasteiger partial charge in [-0.15, -0.1) is 0 Å². The van der Waals surface area contributed by atoms with Crippen LogP contribution in [0, 0.1) is 5.82 Å². The van der Waals surface area contributed by atoms with Gasteiger partial charge in [-0.25, -0.2) is 12.8 Å². The second kappa shape index (κ2) is 7.99. The van der Waals surface area contributed by atoms with Crippen molar-refractivity contribution in [2.75, 3.05) is 31.5 Å². The standard InChI is InChI=1S/C17H17BrFN3O2S2/c18-13-4-3-5-14(12-13)26(23,24)22-10-8-21(9-11-22)17(25)20-16-7-2-1-6-15(16)19/h1-7,12H,8-11H2,(H,20,25). The lowest BCUT2D eigenvalue weighted by Crippen LogP contribution is -2.51. The molecule has 0 radical (unpaired) electrons. The molecule has 26 heavy (non-hydrogen) atoms. The maximum Gasteiger partial charge on any atom is 0.243 e. The van der Waals surface area contributed by atoms with E-state index in [4.69, 9.17) is 12.2 Å². The summed E-state index contributed by atoms with van der Waals surface area (Å²) in [5, 5.41) is 3.26. The summed E-state index contributed by atoms with van der Waals surface area (Å²) in [4.78, 5) is 2.10. The average Bonchev–Trinajstić information content (AvgIpc) is 2.63. The number of benzene rings is 2. The highest BCUT2D eigenvalue weighted by molar-refractivity contribution is 9.10. The van der Waals surface area contributed by atoms with Gasteiger partial charge < -0.3 is 10.2 Å². The Hall–Kier alpha value is -1.55. The summed E-state index contributed by atoms with van der Waals surface area (Å²) in [7, 11) is -3.55. The van der Waals surface area contributed by atoms with Crippen LogP contribution in [0.5, 0.6) is 0 Å². The van der Waals surface area contributed by atoms with Gasteiger partial charge >= 0.3 is 0 Å². The summed E-state index contributed by atoms with van der Waals surface area (Å²) < 4.78 is 41.4. The molecule has 9 heteroatoms. The number of piperazine rings is 1. The molecule has 5 nitrogen and oxygen atoms in total. The molecule has 1 saturated heterocycles. The highest BCUT2D eigenvalue weighted by Gasteiger charge is 2.29. The van der Waals surface area contributed by atoms with Crippen LogP contribution in [0.4, 0.5) is 10.1 Å². The second-order valence-electron chi connectivity index (χ2n) is 5.76. The third-order valence-corrected chi connectivity index (χ3v) is 6.82. The number of hydrogen-bond donors (Lipinski definition) is 1. The Bertz CT molecular complexity index is 916. The molecule has 3 rings (SSSR count). The molecular weight excluding hydrogens is 441 g/mol. The van der Waals surface area contributed by atoms with E-state index in [0.717, 1.165) is 0 Å². The van der Waals surface area contributed by atoms with Gasteiger partial charge in [0.05, 0.1) is 10.6 Å². The summed E-state index contributed by atoms with van der Waals surface area (Å²) in [5.41, 5.74) is 0.307. The molecule has 1 heterocycles. The van der Waals surface area contributed by atoms with E-state index in [9.17, 15) is 12.8 Å². The number of sulfonamides is 1. The minimum absolute atomic E-state index is 0.257. The number of para-hydroxylation sites is 1. The van der Waals surface area contributed by atoms with E-state index in [0.29, 0.717) is 41.5 Å². The summed E-state index contributed by atoms with van der Waals surface area (Å²) in [5.74, 6) is -0.384. The Kier molecular flexibility index (Phi) is 5.91. The molecule has 0 bridgehead atoms. The third kappa shape index (κ3) is 4.22. The Morgan fingerprint density at radius 3 is 2.42 bits per heavy atom. The molecular formula is C17H17BrFN3O2S2. The molecule has 0 aromatic heterocycles. The van der Waals surface area contributed by atoms with Crippen molar-refractivity contribution in [3.63, 3.8) is 0 Å². The Balaban J connectivity index is 1.64. The van der Waals surface area contributed by atoms with Crippen LogP contribution in [-0.4, -0.2) is 48.9 Å². The van der Waals surface area contributed by atoms with Crippen LogP contribution in [0.1, 0.15) is 0 Å². The highest BCUT2D eigenvalue weighted by atomic mass is 79.9. The van der Waals surface area contributed by atoms with Crippen molar-refractivity contribution in [3.8, 4) is 0 Å². The Morgan fingerprint density at radius 1 is 1.08 bits per heavy atom. The zero-order valence-electron chi connectivity index (χ0n) is 13.7. The first-order chi connectivity index (χ1) is 12.4. The Morgan fingerprint density at radius 2 is 1.77 bits per heavy atom. The fourth-order valence-electron chi connectivity index (χ4n) is 2.66. The molecule has 0 atom stereocenters. The van der Waals surface area contributed by atoms with E-state index in [1.165, 1.54) is 10.4 Å². The van der Waals surface area contributed by atoms with Gasteiger partial charge in [-0.2, -0.15) is 4.31 Å². The van der Waals surface area contributed by atoms with E-state index in [-0.39, 0.29) is 10.7 Å². The van der Waals surface area contributed by atoms with Gasteiger partial charge in [-0.05, 0) is 42.5 Å². The predicted octanol–water partition coefficient (Wildman–Crippen LogP) is 3.29. The number of nitrogens with one attached hydrogen (secondary N) is 1. The molecule has 0 aliphatic carbocycles. The summed E-state index contributed by atoms with van der Waals surface area (Å²) in [6, 6.07) is 12.9. The fourth-order valence-corrected chi connectivity index (χ4v) is 4.98. The number of halogens is 2. The summed E-state index contributed by atoms with van der Waals surface area (Å²) in [6.45, 7) is 1.50. The number of anilines is 1. The van der Waals surface area contributed by atoms with Gasteiger partial charge in [0.15, 0.2) is 5.11 Å². The third-order valence-electron chi connectivity index (χ3n) is 4.08. The van der Waals surface area contributed by atoms with Gasteiger partial charge in [0.25, 0.3) is 0 Å². The van der Waals surface area contributed by atoms with Crippen LogP contribution in [0.2, 0.25) is 0 Å². The number of rotatable bonds is 3. The van der Waals surface area contributed by atoms with Gasteiger partial charge in [0, 0.05) is 30.7 Å². The van der Waals surface area contributed by atoms with Gasteiger partial charge in [-0.1, -0.05) is 34.1 Å². The zero-order chi connectivity index (χ0) is 18.7. The second-order valence-corrected chi connectivity index (χ2v) is 9.00. The van der Waals surface area contributed by atoms with Crippen molar-refractivity contribution in [3.05, 3.63) is 58.8 Å². The van der Waals surface area contributed by atoms with Crippen molar-refractivity contribution in [2.24, 2.45) is 0 Å². The molecule has 0 amide bonds. The topological polar surface area (TPSA) is 52.7 Å². The van der Waals surface area contributed by atoms with Crippen LogP contribution >= 0.6 is 28.1 Å². The summed E-state index contributed by atoms with van der Waals surface area (Å²) >= 11 is 8.63. The minimum atomic E-state index is -3.55. The molecule has 0 spiro atoms. The monoisotopic (exact) mass is 457 g/mol. The van der Waals surface area contributed by atoms with E-state index in [2.05, 4.69) is 21.2 Å². The van der Waals surface area contributed by atoms with Crippen LogP contribution in [0.3, 0.4) is 0 Å². The number of nitrogens with zero attached hydrogens (tertiary/aromatic N) is 2. The first kappa shape index (κ1) is 19.2. The molecule has 2 aromatic rings. The van der Waals surface area contributed by atoms with Gasteiger partial charge in [-0.3, -0.25) is 0 Å². The molecule has 0 unspecified atom stereocenters. The molecule has 138 valence electrons. The lowest BCUT2D eigenvalue weighted by molar-refractivity contribution is 0.268. The Labute approximate surface area is 166 Å². The average molecular weight is 458 g/mol. The van der Waals surface area contributed by atoms with Crippen LogP contribution < -0.4 is 5.32 Å². The zero-order valence-corrected chi connectivity index (χ0v) is 16.9. The van der Waals surface area contributed by atoms with Crippen LogP contribution in [0.15, 0.2) is 57.9 Å². The number of hydrogen-bond acceptors (Lipinski definition) is 3. The lowest BCUT2D eigenvalue weighted by Gasteiger charge is -2.35. The van der Waals surface area contributed by atoms with Crippen LogP contribution in [-0.2, 0) is 10.0 Å². The maximum atomic E-state index is 13.7.